The molecular weight excluding hydrogens is 472 g/mol. The summed E-state index contributed by atoms with van der Waals surface area (Å²) < 4.78 is 5.99. The van der Waals surface area contributed by atoms with Gasteiger partial charge in [0.05, 0.1) is 12.8 Å². The lowest BCUT2D eigenvalue weighted by Crippen LogP contribution is -2.64. The van der Waals surface area contributed by atoms with Gasteiger partial charge in [-0.15, -0.1) is 0 Å². The average Bonchev–Trinajstić information content (AvgIpc) is 2.81. The molecule has 0 heterocycles. The van der Waals surface area contributed by atoms with E-state index in [9.17, 15) is 9.59 Å². The molecule has 0 saturated heterocycles. The fraction of sp³-hybridized carbons (Fsp3) is 0.882. The van der Waals surface area contributed by atoms with Crippen molar-refractivity contribution >= 4 is 11.9 Å². The summed E-state index contributed by atoms with van der Waals surface area (Å²) in [6, 6.07) is 0. The minimum atomic E-state index is -0.943. The zero-order valence-electron chi connectivity index (χ0n) is 25.5. The minimum Gasteiger partial charge on any atom is -0.481 e. The highest BCUT2D eigenvalue weighted by Crippen LogP contribution is 2.75. The third-order valence-electron chi connectivity index (χ3n) is 13.8. The summed E-state index contributed by atoms with van der Waals surface area (Å²) in [6.07, 6.45) is 14.8. The van der Waals surface area contributed by atoms with E-state index in [0.29, 0.717) is 28.1 Å². The molecule has 4 fully saturated rings. The van der Waals surface area contributed by atoms with Crippen LogP contribution in [0.2, 0.25) is 0 Å². The summed E-state index contributed by atoms with van der Waals surface area (Å²) in [5.74, 6) is 0.576. The zero-order chi connectivity index (χ0) is 27.9. The van der Waals surface area contributed by atoms with E-state index in [-0.39, 0.29) is 41.2 Å². The predicted octanol–water partition coefficient (Wildman–Crippen LogP) is 8.58. The van der Waals surface area contributed by atoms with Crippen LogP contribution in [0, 0.1) is 50.2 Å². The molecule has 0 aromatic carbocycles. The van der Waals surface area contributed by atoms with Gasteiger partial charge in [0.15, 0.2) is 0 Å². The number of aliphatic carboxylic acids is 1. The second-order valence-corrected chi connectivity index (χ2v) is 16.6. The Morgan fingerprint density at radius 3 is 2.24 bits per heavy atom. The number of carboxylic acid groups (broad SMARTS) is 1. The van der Waals surface area contributed by atoms with Gasteiger partial charge in [-0.25, -0.2) is 0 Å². The number of allylic oxidation sites excluding steroid dienone is 2. The topological polar surface area (TPSA) is 63.6 Å². The van der Waals surface area contributed by atoms with E-state index in [1.807, 2.05) is 5.57 Å². The van der Waals surface area contributed by atoms with Crippen LogP contribution >= 0.6 is 0 Å². The van der Waals surface area contributed by atoms with Crippen LogP contribution in [0.1, 0.15) is 132 Å². The molecule has 0 aromatic heterocycles. The van der Waals surface area contributed by atoms with Gasteiger partial charge in [-0.3, -0.25) is 9.59 Å². The summed E-state index contributed by atoms with van der Waals surface area (Å²) in [7, 11) is 0. The summed E-state index contributed by atoms with van der Waals surface area (Å²) in [4.78, 5) is 23.5. The average molecular weight is 527 g/mol. The number of rotatable bonds is 4. The first-order valence-electron chi connectivity index (χ1n) is 15.6. The quantitative estimate of drug-likeness (QED) is 0.294. The van der Waals surface area contributed by atoms with Gasteiger partial charge < -0.3 is 9.84 Å². The van der Waals surface area contributed by atoms with Crippen LogP contribution < -0.4 is 0 Å². The van der Waals surface area contributed by atoms with Crippen LogP contribution in [0.5, 0.6) is 0 Å². The summed E-state index contributed by atoms with van der Waals surface area (Å²) in [6.45, 7) is 20.1. The number of carboxylic acids is 1. The van der Waals surface area contributed by atoms with Crippen molar-refractivity contribution in [2.24, 2.45) is 50.2 Å². The molecule has 0 unspecified atom stereocenters. The van der Waals surface area contributed by atoms with E-state index in [2.05, 4.69) is 61.5 Å². The molecule has 4 nitrogen and oxygen atoms in total. The second kappa shape index (κ2) is 8.84. The summed E-state index contributed by atoms with van der Waals surface area (Å²) in [5.41, 5.74) is 3.40. The molecule has 5 rings (SSSR count). The van der Waals surface area contributed by atoms with Gasteiger partial charge in [-0.05, 0) is 109 Å². The minimum absolute atomic E-state index is 0.0344. The monoisotopic (exact) mass is 526 g/mol. The molecule has 0 spiro atoms. The molecule has 214 valence electrons. The van der Waals surface area contributed by atoms with E-state index >= 15 is 0 Å². The van der Waals surface area contributed by atoms with E-state index in [4.69, 9.17) is 9.84 Å². The number of ether oxygens (including phenoxy) is 1. The predicted molar refractivity (Wildman–Crippen MR) is 151 cm³/mol. The molecule has 0 aromatic rings. The van der Waals surface area contributed by atoms with Crippen molar-refractivity contribution in [3.63, 3.8) is 0 Å². The van der Waals surface area contributed by atoms with Crippen molar-refractivity contribution in [3.05, 3.63) is 11.6 Å². The van der Waals surface area contributed by atoms with Gasteiger partial charge >= 0.3 is 11.9 Å². The molecule has 0 aliphatic heterocycles. The van der Waals surface area contributed by atoms with Gasteiger partial charge in [-0.1, -0.05) is 67.0 Å². The number of hydrogen-bond donors (Lipinski definition) is 1. The molecule has 38 heavy (non-hydrogen) atoms. The molecular formula is C34H54O4. The highest BCUT2D eigenvalue weighted by atomic mass is 16.5. The van der Waals surface area contributed by atoms with Crippen molar-refractivity contribution in [2.45, 2.75) is 139 Å². The Labute approximate surface area is 231 Å². The van der Waals surface area contributed by atoms with Crippen molar-refractivity contribution in [1.82, 2.24) is 0 Å². The maximum absolute atomic E-state index is 12.5. The Morgan fingerprint density at radius 2 is 1.55 bits per heavy atom. The molecule has 4 saturated carbocycles. The number of hydrogen-bond acceptors (Lipinski definition) is 3. The Kier molecular flexibility index (Phi) is 6.56. The lowest BCUT2D eigenvalue weighted by atomic mass is 9.33. The lowest BCUT2D eigenvalue weighted by Gasteiger charge is -2.71. The smallest absolute Gasteiger partial charge is 0.306 e. The first-order chi connectivity index (χ1) is 17.5. The second-order valence-electron chi connectivity index (χ2n) is 16.6. The molecule has 5 aliphatic rings. The zero-order valence-corrected chi connectivity index (χ0v) is 25.5. The van der Waals surface area contributed by atoms with Gasteiger partial charge in [0.25, 0.3) is 0 Å². The fourth-order valence-electron chi connectivity index (χ4n) is 11.1. The highest BCUT2D eigenvalue weighted by Gasteiger charge is 2.68. The lowest BCUT2D eigenvalue weighted by molar-refractivity contribution is -0.212. The Bertz CT molecular complexity index is 1020. The number of carbonyl (C=O) groups is 2. The number of carbonyl (C=O) groups excluding carboxylic acids is 1. The van der Waals surface area contributed by atoms with Crippen LogP contribution in [0.4, 0.5) is 0 Å². The maximum atomic E-state index is 12.5. The van der Waals surface area contributed by atoms with Crippen molar-refractivity contribution < 1.29 is 19.4 Å². The Balaban J connectivity index is 1.43. The van der Waals surface area contributed by atoms with Crippen LogP contribution in [-0.2, 0) is 14.3 Å². The first kappa shape index (κ1) is 28.2. The standard InChI is InChI=1S/C34H54O4/c1-29(2)17-18-31(5)19-20-33(7)22(23(31)21-29)9-10-25-32(6)15-14-26(38-28(37)12-11-27(35)36)30(3,4)24(32)13-16-34(25,33)8/h9,23-26H,10-21H2,1-8H3,(H,35,36)/t23-,24-,25+,26-,31+,32-,33+,34+/m0/s1. The van der Waals surface area contributed by atoms with Crippen LogP contribution in [0.15, 0.2) is 11.6 Å². The van der Waals surface area contributed by atoms with Gasteiger partial charge in [-0.2, -0.15) is 0 Å². The maximum Gasteiger partial charge on any atom is 0.306 e. The molecule has 5 aliphatic carbocycles. The fourth-order valence-corrected chi connectivity index (χ4v) is 11.1. The molecule has 8 atom stereocenters. The molecule has 4 heteroatoms. The van der Waals surface area contributed by atoms with Crippen molar-refractivity contribution in [2.75, 3.05) is 0 Å². The largest absolute Gasteiger partial charge is 0.481 e. The first-order valence-corrected chi connectivity index (χ1v) is 15.6. The number of fused-ring (bicyclic) bond motifs is 7. The van der Waals surface area contributed by atoms with Gasteiger partial charge in [0.2, 0.25) is 0 Å². The summed E-state index contributed by atoms with van der Waals surface area (Å²) >= 11 is 0. The van der Waals surface area contributed by atoms with Gasteiger partial charge in [0.1, 0.15) is 6.10 Å². The van der Waals surface area contributed by atoms with E-state index in [0.717, 1.165) is 18.8 Å². The third-order valence-corrected chi connectivity index (χ3v) is 13.8. The normalized spacial score (nSPS) is 46.9. The Hall–Kier alpha value is -1.32. The van der Waals surface area contributed by atoms with Crippen molar-refractivity contribution in [1.29, 1.82) is 0 Å². The highest BCUT2D eigenvalue weighted by molar-refractivity contribution is 5.76. The van der Waals surface area contributed by atoms with Gasteiger partial charge in [0, 0.05) is 5.41 Å². The van der Waals surface area contributed by atoms with Crippen molar-refractivity contribution in [3.8, 4) is 0 Å². The molecule has 1 N–H and O–H groups in total. The van der Waals surface area contributed by atoms with Crippen LogP contribution in [0.25, 0.3) is 0 Å². The number of esters is 1. The van der Waals surface area contributed by atoms with Crippen LogP contribution in [0.3, 0.4) is 0 Å². The third kappa shape index (κ3) is 4.04. The van der Waals surface area contributed by atoms with Crippen LogP contribution in [-0.4, -0.2) is 23.1 Å². The molecule has 0 radical (unpaired) electrons. The molecule has 0 bridgehead atoms. The summed E-state index contributed by atoms with van der Waals surface area (Å²) in [5, 5.41) is 8.99. The van der Waals surface area contributed by atoms with E-state index in [1.165, 1.54) is 51.4 Å². The molecule has 0 amide bonds. The SMILES string of the molecule is CC1(C)CC[C@]2(C)CC[C@]3(C)C(=CC[C@@H]4[C@@]5(C)CC[C@H](OC(=O)CCC(=O)O)C(C)(C)[C@@H]5CC[C@]43C)[C@@H]2C1. The Morgan fingerprint density at radius 1 is 0.868 bits per heavy atom. The van der Waals surface area contributed by atoms with E-state index < -0.39 is 5.97 Å². The van der Waals surface area contributed by atoms with E-state index in [1.54, 1.807) is 0 Å².